The van der Waals surface area contributed by atoms with Crippen molar-refractivity contribution in [3.63, 3.8) is 0 Å². The second-order valence-corrected chi connectivity index (χ2v) is 4.46. The van der Waals surface area contributed by atoms with Crippen LogP contribution in [0.25, 0.3) is 0 Å². The number of hydrogen-bond donors (Lipinski definition) is 1. The zero-order valence-corrected chi connectivity index (χ0v) is 10.1. The van der Waals surface area contributed by atoms with Crippen LogP contribution >= 0.6 is 0 Å². The van der Waals surface area contributed by atoms with E-state index >= 15 is 0 Å². The zero-order valence-electron chi connectivity index (χ0n) is 10.1. The van der Waals surface area contributed by atoms with Gasteiger partial charge in [-0.05, 0) is 6.07 Å². The van der Waals surface area contributed by atoms with Crippen molar-refractivity contribution < 1.29 is 22.9 Å². The van der Waals surface area contributed by atoms with Gasteiger partial charge in [0.25, 0.3) is 5.69 Å². The average molecular weight is 289 g/mol. The molecule has 0 bridgehead atoms. The predicted molar refractivity (Wildman–Crippen MR) is 63.0 cm³/mol. The molecule has 1 saturated heterocycles. The van der Waals surface area contributed by atoms with Crippen LogP contribution in [0.4, 0.5) is 24.5 Å². The summed E-state index contributed by atoms with van der Waals surface area (Å²) in [6.07, 6.45) is -4.71. The smallest absolute Gasteiger partial charge is 0.369 e. The first kappa shape index (κ1) is 14.1. The largest absolute Gasteiger partial charge is 0.418 e. The second-order valence-electron chi connectivity index (χ2n) is 4.46. The number of nitrogens with two attached hydrogens (primary N) is 1. The minimum atomic E-state index is -4.71. The molecular formula is C11H10F3N3O3. The summed E-state index contributed by atoms with van der Waals surface area (Å²) in [6.45, 7) is 0.159. The van der Waals surface area contributed by atoms with Gasteiger partial charge in [-0.2, -0.15) is 13.2 Å². The van der Waals surface area contributed by atoms with Crippen LogP contribution in [0.2, 0.25) is 0 Å². The monoisotopic (exact) mass is 289 g/mol. The predicted octanol–water partition coefficient (Wildman–Crippen LogP) is 1.54. The van der Waals surface area contributed by atoms with Crippen LogP contribution in [0.15, 0.2) is 18.2 Å². The summed E-state index contributed by atoms with van der Waals surface area (Å²) in [6, 6.07) is 2.53. The minimum absolute atomic E-state index is 0.0796. The topological polar surface area (TPSA) is 89.5 Å². The molecule has 9 heteroatoms. The zero-order chi connectivity index (χ0) is 15.1. The summed E-state index contributed by atoms with van der Waals surface area (Å²) in [5.74, 6) is -1.07. The highest BCUT2D eigenvalue weighted by Crippen LogP contribution is 2.40. The number of non-ortho nitro benzene ring substituents is 1. The Morgan fingerprint density at radius 2 is 2.00 bits per heavy atom. The maximum absolute atomic E-state index is 12.9. The van der Waals surface area contributed by atoms with Crippen molar-refractivity contribution in [1.82, 2.24) is 0 Å². The van der Waals surface area contributed by atoms with E-state index in [2.05, 4.69) is 0 Å². The molecule has 0 spiro atoms. The number of anilines is 1. The molecule has 0 unspecified atom stereocenters. The summed E-state index contributed by atoms with van der Waals surface area (Å²) in [5.41, 5.74) is 3.15. The second kappa shape index (κ2) is 4.66. The number of nitro groups is 1. The molecule has 2 rings (SSSR count). The summed E-state index contributed by atoms with van der Waals surface area (Å²) in [5, 5.41) is 10.5. The first-order chi connectivity index (χ1) is 9.20. The van der Waals surface area contributed by atoms with E-state index in [1.165, 1.54) is 4.90 Å². The first-order valence-electron chi connectivity index (χ1n) is 5.60. The van der Waals surface area contributed by atoms with E-state index in [0.717, 1.165) is 12.1 Å². The van der Waals surface area contributed by atoms with Crippen molar-refractivity contribution in [2.45, 2.75) is 6.18 Å². The molecule has 1 aromatic carbocycles. The molecule has 6 nitrogen and oxygen atoms in total. The fraction of sp³-hybridized carbons (Fsp3) is 0.364. The lowest BCUT2D eigenvalue weighted by Gasteiger charge is -2.40. The molecule has 0 saturated carbocycles. The van der Waals surface area contributed by atoms with E-state index in [1.807, 2.05) is 0 Å². The van der Waals surface area contributed by atoms with Gasteiger partial charge < -0.3 is 10.6 Å². The molecule has 1 aliphatic heterocycles. The SMILES string of the molecule is NC(=O)C1CN(c2ccc([N+](=O)[O-])cc2C(F)(F)F)C1. The number of amides is 1. The lowest BCUT2D eigenvalue weighted by atomic mass is 9.97. The van der Waals surface area contributed by atoms with Crippen LogP contribution in [0, 0.1) is 16.0 Å². The molecule has 1 heterocycles. The third-order valence-corrected chi connectivity index (χ3v) is 3.12. The summed E-state index contributed by atoms with van der Waals surface area (Å²) in [4.78, 5) is 21.9. The van der Waals surface area contributed by atoms with E-state index in [-0.39, 0.29) is 18.8 Å². The molecule has 0 aliphatic carbocycles. The summed E-state index contributed by atoms with van der Waals surface area (Å²) in [7, 11) is 0. The van der Waals surface area contributed by atoms with Crippen LogP contribution in [-0.2, 0) is 11.0 Å². The highest BCUT2D eigenvalue weighted by atomic mass is 19.4. The maximum atomic E-state index is 12.9. The molecule has 1 amide bonds. The third kappa shape index (κ3) is 2.51. The average Bonchev–Trinajstić information content (AvgIpc) is 2.25. The first-order valence-corrected chi connectivity index (χ1v) is 5.60. The van der Waals surface area contributed by atoms with E-state index in [4.69, 9.17) is 5.73 Å². The summed E-state index contributed by atoms with van der Waals surface area (Å²) >= 11 is 0. The lowest BCUT2D eigenvalue weighted by Crippen LogP contribution is -2.53. The lowest BCUT2D eigenvalue weighted by molar-refractivity contribution is -0.385. The molecular weight excluding hydrogens is 279 g/mol. The molecule has 108 valence electrons. The molecule has 2 N–H and O–H groups in total. The van der Waals surface area contributed by atoms with Gasteiger partial charge in [-0.15, -0.1) is 0 Å². The van der Waals surface area contributed by atoms with E-state index in [1.54, 1.807) is 0 Å². The fourth-order valence-corrected chi connectivity index (χ4v) is 2.00. The molecule has 1 fully saturated rings. The van der Waals surface area contributed by atoms with Crippen molar-refractivity contribution in [3.8, 4) is 0 Å². The maximum Gasteiger partial charge on any atom is 0.418 e. The Kier molecular flexibility index (Phi) is 3.28. The van der Waals surface area contributed by atoms with Crippen LogP contribution in [0.5, 0.6) is 0 Å². The van der Waals surface area contributed by atoms with Crippen LogP contribution in [-0.4, -0.2) is 23.9 Å². The van der Waals surface area contributed by atoms with Crippen LogP contribution in [0.1, 0.15) is 5.56 Å². The molecule has 1 aromatic rings. The number of hydrogen-bond acceptors (Lipinski definition) is 4. The number of rotatable bonds is 3. The Morgan fingerprint density at radius 3 is 2.45 bits per heavy atom. The van der Waals surface area contributed by atoms with Gasteiger partial charge in [0.1, 0.15) is 0 Å². The fourth-order valence-electron chi connectivity index (χ4n) is 2.00. The number of halogens is 3. The molecule has 1 aliphatic rings. The number of benzene rings is 1. The van der Waals surface area contributed by atoms with Gasteiger partial charge in [0.15, 0.2) is 0 Å². The summed E-state index contributed by atoms with van der Waals surface area (Å²) < 4.78 is 38.8. The van der Waals surface area contributed by atoms with E-state index in [0.29, 0.717) is 6.07 Å². The minimum Gasteiger partial charge on any atom is -0.369 e. The highest BCUT2D eigenvalue weighted by Gasteiger charge is 2.40. The van der Waals surface area contributed by atoms with Gasteiger partial charge in [-0.3, -0.25) is 14.9 Å². The van der Waals surface area contributed by atoms with Gasteiger partial charge in [0, 0.05) is 30.9 Å². The Labute approximate surface area is 111 Å². The Bertz CT molecular complexity index is 568. The van der Waals surface area contributed by atoms with Crippen molar-refractivity contribution in [2.24, 2.45) is 11.7 Å². The molecule has 20 heavy (non-hydrogen) atoms. The van der Waals surface area contributed by atoms with E-state index < -0.39 is 34.2 Å². The van der Waals surface area contributed by atoms with Crippen molar-refractivity contribution >= 4 is 17.3 Å². The Morgan fingerprint density at radius 1 is 1.40 bits per heavy atom. The van der Waals surface area contributed by atoms with Crippen molar-refractivity contribution in [3.05, 3.63) is 33.9 Å². The van der Waals surface area contributed by atoms with E-state index in [9.17, 15) is 28.1 Å². The highest BCUT2D eigenvalue weighted by molar-refractivity contribution is 5.80. The van der Waals surface area contributed by atoms with Crippen molar-refractivity contribution in [1.29, 1.82) is 0 Å². The van der Waals surface area contributed by atoms with Crippen LogP contribution in [0.3, 0.4) is 0 Å². The number of primary amides is 1. The number of alkyl halides is 3. The third-order valence-electron chi connectivity index (χ3n) is 3.12. The van der Waals surface area contributed by atoms with Crippen molar-refractivity contribution in [2.75, 3.05) is 18.0 Å². The van der Waals surface area contributed by atoms with Gasteiger partial charge in [-0.1, -0.05) is 0 Å². The number of carbonyl (C=O) groups is 1. The number of nitro benzene ring substituents is 1. The van der Waals surface area contributed by atoms with Gasteiger partial charge in [0.2, 0.25) is 5.91 Å². The van der Waals surface area contributed by atoms with Crippen LogP contribution < -0.4 is 10.6 Å². The van der Waals surface area contributed by atoms with Gasteiger partial charge in [0.05, 0.1) is 16.4 Å². The Balaban J connectivity index is 2.34. The molecule has 0 radical (unpaired) electrons. The Hall–Kier alpha value is -2.32. The quantitative estimate of drug-likeness (QED) is 0.675. The number of nitrogens with zero attached hydrogens (tertiary/aromatic N) is 2. The standard InChI is InChI=1S/C11H10F3N3O3/c12-11(13,14)8-3-7(17(19)20)1-2-9(8)16-4-6(5-16)10(15)18/h1-3,6H,4-5H2,(H2,15,18). The normalized spacial score (nSPS) is 15.8. The van der Waals surface area contributed by atoms with Gasteiger partial charge in [-0.25, -0.2) is 0 Å². The number of carbonyl (C=O) groups excluding carboxylic acids is 1. The van der Waals surface area contributed by atoms with Gasteiger partial charge >= 0.3 is 6.18 Å². The molecule has 0 aromatic heterocycles. The molecule has 0 atom stereocenters.